The predicted molar refractivity (Wildman–Crippen MR) is 211 cm³/mol. The van der Waals surface area contributed by atoms with Gasteiger partial charge in [-0.15, -0.1) is 0 Å². The fourth-order valence-electron chi connectivity index (χ4n) is 6.04. The number of esters is 2. The molecule has 0 aromatic rings. The Morgan fingerprint density at radius 2 is 1.02 bits per heavy atom. The summed E-state index contributed by atoms with van der Waals surface area (Å²) in [6, 6.07) is -0.616. The monoisotopic (exact) mass is 723 g/mol. The first-order valence-corrected chi connectivity index (χ1v) is 20.9. The molecule has 0 rings (SSSR count). The van der Waals surface area contributed by atoms with Gasteiger partial charge < -0.3 is 23.8 Å². The SMILES string of the molecule is CCCCCC/C=C/CCC(=O)OCC(COCCC(C(=O)O)[N+](C)(C)C)OC(=O)CCCCCCCCC/C=C/CCCCCCCCCC. The molecule has 0 fully saturated rings. The van der Waals surface area contributed by atoms with E-state index in [1.165, 1.54) is 116 Å². The lowest BCUT2D eigenvalue weighted by molar-refractivity contribution is -0.887. The molecule has 0 saturated carbocycles. The number of hydrogen-bond donors (Lipinski definition) is 1. The Balaban J connectivity index is 4.30. The summed E-state index contributed by atoms with van der Waals surface area (Å²) in [7, 11) is 5.51. The Morgan fingerprint density at radius 3 is 1.51 bits per heavy atom. The molecule has 2 unspecified atom stereocenters. The maximum Gasteiger partial charge on any atom is 0.362 e. The van der Waals surface area contributed by atoms with Gasteiger partial charge in [0, 0.05) is 19.3 Å². The van der Waals surface area contributed by atoms with Gasteiger partial charge in [0.05, 0.1) is 34.4 Å². The van der Waals surface area contributed by atoms with Crippen LogP contribution in [0.4, 0.5) is 0 Å². The largest absolute Gasteiger partial charge is 0.477 e. The van der Waals surface area contributed by atoms with Gasteiger partial charge in [-0.2, -0.15) is 0 Å². The second-order valence-corrected chi connectivity index (χ2v) is 15.2. The topological polar surface area (TPSA) is 99.1 Å². The maximum absolute atomic E-state index is 12.7. The van der Waals surface area contributed by atoms with Crippen LogP contribution in [0, 0.1) is 0 Å². The number of aliphatic carboxylic acids is 1. The highest BCUT2D eigenvalue weighted by Crippen LogP contribution is 2.14. The molecule has 0 bridgehead atoms. The molecular formula is C43H80NO7+. The molecule has 2 atom stereocenters. The third-order valence-corrected chi connectivity index (χ3v) is 9.34. The molecule has 51 heavy (non-hydrogen) atoms. The van der Waals surface area contributed by atoms with Gasteiger partial charge >= 0.3 is 17.9 Å². The van der Waals surface area contributed by atoms with Crippen molar-refractivity contribution in [3.63, 3.8) is 0 Å². The molecule has 0 aliphatic carbocycles. The minimum absolute atomic E-state index is 0.0501. The normalized spacial score (nSPS) is 13.2. The van der Waals surface area contributed by atoms with Crippen molar-refractivity contribution in [1.29, 1.82) is 0 Å². The number of allylic oxidation sites excluding steroid dienone is 4. The van der Waals surface area contributed by atoms with E-state index in [1.807, 2.05) is 27.2 Å². The molecule has 0 aliphatic heterocycles. The van der Waals surface area contributed by atoms with Crippen molar-refractivity contribution in [2.24, 2.45) is 0 Å². The van der Waals surface area contributed by atoms with Crippen LogP contribution in [0.2, 0.25) is 0 Å². The van der Waals surface area contributed by atoms with Crippen molar-refractivity contribution in [3.05, 3.63) is 24.3 Å². The van der Waals surface area contributed by atoms with Gasteiger partial charge in [0.15, 0.2) is 12.1 Å². The van der Waals surface area contributed by atoms with E-state index in [0.29, 0.717) is 19.3 Å². The van der Waals surface area contributed by atoms with Crippen molar-refractivity contribution in [2.45, 2.75) is 193 Å². The van der Waals surface area contributed by atoms with Gasteiger partial charge in [-0.05, 0) is 51.4 Å². The Hall–Kier alpha value is -2.19. The Kier molecular flexibility index (Phi) is 33.4. The zero-order valence-corrected chi connectivity index (χ0v) is 33.8. The average molecular weight is 723 g/mol. The van der Waals surface area contributed by atoms with Crippen molar-refractivity contribution in [2.75, 3.05) is 41.0 Å². The minimum atomic E-state index is -0.880. The molecule has 0 aliphatic rings. The average Bonchev–Trinajstić information content (AvgIpc) is 3.08. The zero-order chi connectivity index (χ0) is 37.8. The number of carboxylic acids is 1. The molecule has 0 aromatic carbocycles. The van der Waals surface area contributed by atoms with E-state index in [4.69, 9.17) is 14.2 Å². The van der Waals surface area contributed by atoms with Crippen molar-refractivity contribution < 1.29 is 38.2 Å². The van der Waals surface area contributed by atoms with E-state index in [-0.39, 0.29) is 42.7 Å². The Labute approximate surface area is 313 Å². The van der Waals surface area contributed by atoms with E-state index in [0.717, 1.165) is 25.7 Å². The summed E-state index contributed by atoms with van der Waals surface area (Å²) in [5.74, 6) is -1.54. The van der Waals surface area contributed by atoms with Crippen LogP contribution in [0.1, 0.15) is 181 Å². The highest BCUT2D eigenvalue weighted by atomic mass is 16.6. The number of ether oxygens (including phenoxy) is 3. The number of quaternary nitrogens is 1. The van der Waals surface area contributed by atoms with Crippen LogP contribution < -0.4 is 0 Å². The molecule has 0 heterocycles. The zero-order valence-electron chi connectivity index (χ0n) is 33.8. The Bertz CT molecular complexity index is 895. The standard InChI is InChI=1S/C43H79NO7/c1-6-8-10-12-14-16-17-18-19-20-21-22-23-24-25-26-28-30-32-34-42(46)51-39(37-49-36-35-40(43(47)48)44(3,4)5)38-50-41(45)33-31-29-27-15-13-11-9-7-2/h20-21,27,29,39-40H,6-19,22-26,28,30-38H2,1-5H3/p+1/b21-20+,29-27+. The van der Waals surface area contributed by atoms with E-state index < -0.39 is 18.1 Å². The van der Waals surface area contributed by atoms with Crippen LogP contribution in [0.25, 0.3) is 0 Å². The number of carbonyl (C=O) groups excluding carboxylic acids is 2. The molecule has 8 heteroatoms. The lowest BCUT2D eigenvalue weighted by Gasteiger charge is -2.31. The molecular weight excluding hydrogens is 642 g/mol. The fraction of sp³-hybridized carbons (Fsp3) is 0.837. The molecule has 298 valence electrons. The summed E-state index contributed by atoms with van der Waals surface area (Å²) < 4.78 is 17.1. The third-order valence-electron chi connectivity index (χ3n) is 9.34. The van der Waals surface area contributed by atoms with Crippen molar-refractivity contribution in [3.8, 4) is 0 Å². The maximum atomic E-state index is 12.7. The predicted octanol–water partition coefficient (Wildman–Crippen LogP) is 10.9. The van der Waals surface area contributed by atoms with Crippen LogP contribution in [0.3, 0.4) is 0 Å². The lowest BCUT2D eigenvalue weighted by atomic mass is 10.1. The van der Waals surface area contributed by atoms with E-state index in [2.05, 4.69) is 32.1 Å². The van der Waals surface area contributed by atoms with Gasteiger partial charge in [0.25, 0.3) is 0 Å². The van der Waals surface area contributed by atoms with E-state index in [1.54, 1.807) is 0 Å². The van der Waals surface area contributed by atoms with E-state index >= 15 is 0 Å². The Morgan fingerprint density at radius 1 is 0.569 bits per heavy atom. The molecule has 0 spiro atoms. The second kappa shape index (κ2) is 34.9. The molecule has 8 nitrogen and oxygen atoms in total. The molecule has 0 radical (unpaired) electrons. The lowest BCUT2D eigenvalue weighted by Crippen LogP contribution is -2.50. The molecule has 1 N–H and O–H groups in total. The van der Waals surface area contributed by atoms with Gasteiger partial charge in [-0.3, -0.25) is 9.59 Å². The number of carboxylic acid groups (broad SMARTS) is 1. The number of likely N-dealkylation sites (N-methyl/N-ethyl adjacent to an activating group) is 1. The summed E-state index contributed by atoms with van der Waals surface area (Å²) in [6.45, 7) is 4.65. The fourth-order valence-corrected chi connectivity index (χ4v) is 6.04. The first kappa shape index (κ1) is 48.8. The number of carbonyl (C=O) groups is 3. The number of unbranched alkanes of at least 4 members (excludes halogenated alkanes) is 19. The van der Waals surface area contributed by atoms with Crippen LogP contribution in [-0.2, 0) is 28.6 Å². The van der Waals surface area contributed by atoms with Gasteiger partial charge in [-0.25, -0.2) is 4.79 Å². The molecule has 0 saturated heterocycles. The quantitative estimate of drug-likeness (QED) is 0.0295. The van der Waals surface area contributed by atoms with Crippen LogP contribution >= 0.6 is 0 Å². The number of hydrogen-bond acceptors (Lipinski definition) is 6. The summed E-state index contributed by atoms with van der Waals surface area (Å²) in [5.41, 5.74) is 0. The smallest absolute Gasteiger partial charge is 0.362 e. The summed E-state index contributed by atoms with van der Waals surface area (Å²) in [4.78, 5) is 36.7. The van der Waals surface area contributed by atoms with E-state index in [9.17, 15) is 19.5 Å². The van der Waals surface area contributed by atoms with Gasteiger partial charge in [0.1, 0.15) is 6.61 Å². The van der Waals surface area contributed by atoms with Crippen LogP contribution in [0.5, 0.6) is 0 Å². The summed E-state index contributed by atoms with van der Waals surface area (Å²) in [5, 5.41) is 9.58. The number of rotatable bonds is 37. The first-order chi connectivity index (χ1) is 24.6. The van der Waals surface area contributed by atoms with Gasteiger partial charge in [0.2, 0.25) is 0 Å². The molecule has 0 amide bonds. The number of nitrogens with zero attached hydrogens (tertiary/aromatic N) is 1. The first-order valence-electron chi connectivity index (χ1n) is 20.9. The van der Waals surface area contributed by atoms with Crippen LogP contribution in [0.15, 0.2) is 24.3 Å². The highest BCUT2D eigenvalue weighted by Gasteiger charge is 2.31. The minimum Gasteiger partial charge on any atom is -0.477 e. The summed E-state index contributed by atoms with van der Waals surface area (Å²) >= 11 is 0. The molecule has 0 aromatic heterocycles. The second-order valence-electron chi connectivity index (χ2n) is 15.2. The van der Waals surface area contributed by atoms with Crippen molar-refractivity contribution in [1.82, 2.24) is 0 Å². The van der Waals surface area contributed by atoms with Crippen molar-refractivity contribution >= 4 is 17.9 Å². The van der Waals surface area contributed by atoms with Gasteiger partial charge in [-0.1, -0.05) is 134 Å². The third kappa shape index (κ3) is 33.4. The summed E-state index contributed by atoms with van der Waals surface area (Å²) in [6.07, 6.45) is 36.7. The highest BCUT2D eigenvalue weighted by molar-refractivity contribution is 5.72. The van der Waals surface area contributed by atoms with Crippen LogP contribution in [-0.4, -0.2) is 80.6 Å².